The molecule has 1 aromatic heterocycles. The van der Waals surface area contributed by atoms with E-state index in [1.54, 1.807) is 32.4 Å². The van der Waals surface area contributed by atoms with Crippen LogP contribution in [-0.2, 0) is 7.05 Å². The Morgan fingerprint density at radius 1 is 1.13 bits per heavy atom. The average molecular weight is 424 g/mol. The van der Waals surface area contributed by atoms with Crippen LogP contribution in [0.1, 0.15) is 47.6 Å². The lowest BCUT2D eigenvalue weighted by molar-refractivity contribution is 0.0681. The number of ether oxygens (including phenoxy) is 1. The van der Waals surface area contributed by atoms with Crippen molar-refractivity contribution in [1.29, 1.82) is 0 Å². The second-order valence-corrected chi connectivity index (χ2v) is 8.08. The number of fused-ring (bicyclic) bond motifs is 1. The topological polar surface area (TPSA) is 67.3 Å². The molecule has 6 nitrogen and oxygen atoms in total. The normalized spacial score (nSPS) is 17.0. The molecule has 1 atom stereocenters. The van der Waals surface area contributed by atoms with Crippen molar-refractivity contribution in [2.24, 2.45) is 7.05 Å². The smallest absolute Gasteiger partial charge is 0.261 e. The van der Waals surface area contributed by atoms with Crippen LogP contribution >= 0.6 is 12.2 Å². The van der Waals surface area contributed by atoms with Crippen LogP contribution in [0.25, 0.3) is 10.9 Å². The summed E-state index contributed by atoms with van der Waals surface area (Å²) in [7, 11) is 3.28. The number of hydrogen-bond donors (Lipinski definition) is 1. The van der Waals surface area contributed by atoms with Gasteiger partial charge < -0.3 is 14.6 Å². The van der Waals surface area contributed by atoms with E-state index in [9.17, 15) is 9.59 Å². The molecule has 1 aliphatic rings. The molecule has 1 aliphatic heterocycles. The Morgan fingerprint density at radius 2 is 1.90 bits per heavy atom. The molecule has 0 radical (unpaired) electrons. The molecule has 30 heavy (non-hydrogen) atoms. The minimum atomic E-state index is -0.168. The highest BCUT2D eigenvalue weighted by atomic mass is 32.1. The summed E-state index contributed by atoms with van der Waals surface area (Å²) in [5, 5.41) is 0.519. The third kappa shape index (κ3) is 3.77. The van der Waals surface area contributed by atoms with E-state index in [0.717, 1.165) is 37.0 Å². The highest BCUT2D eigenvalue weighted by molar-refractivity contribution is 7.71. The molecule has 0 bridgehead atoms. The second kappa shape index (κ2) is 8.44. The summed E-state index contributed by atoms with van der Waals surface area (Å²) >= 11 is 5.23. The Bertz CT molecular complexity index is 1200. The zero-order valence-electron chi connectivity index (χ0n) is 17.2. The van der Waals surface area contributed by atoms with Gasteiger partial charge in [-0.05, 0) is 61.0 Å². The Kier molecular flexibility index (Phi) is 5.72. The standard InChI is InChI=1S/C23H25N3O3S/c1-25-22(28)18-12-9-16(14-19(18)24-23(25)30)21(27)26-13-5-3-4-6-20(26)15-7-10-17(29-2)11-8-15/h7-12,14,20H,3-6,13H2,1-2H3,(H,24,30). The summed E-state index contributed by atoms with van der Waals surface area (Å²) in [5.74, 6) is 0.774. The lowest BCUT2D eigenvalue weighted by Gasteiger charge is -2.31. The summed E-state index contributed by atoms with van der Waals surface area (Å²) in [6.45, 7) is 0.708. The number of nitrogens with one attached hydrogen (secondary N) is 1. The van der Waals surface area contributed by atoms with Crippen LogP contribution in [0.4, 0.5) is 0 Å². The van der Waals surface area contributed by atoms with Crippen LogP contribution in [0.3, 0.4) is 0 Å². The zero-order valence-corrected chi connectivity index (χ0v) is 18.0. The van der Waals surface area contributed by atoms with Gasteiger partial charge in [0.25, 0.3) is 11.5 Å². The van der Waals surface area contributed by atoms with E-state index in [1.165, 1.54) is 4.57 Å². The molecule has 1 amide bonds. The molecular formula is C23H25N3O3S. The minimum absolute atomic E-state index is 0.0174. The van der Waals surface area contributed by atoms with Crippen molar-refractivity contribution in [3.63, 3.8) is 0 Å². The van der Waals surface area contributed by atoms with Crippen LogP contribution in [0, 0.1) is 4.77 Å². The van der Waals surface area contributed by atoms with Crippen molar-refractivity contribution in [1.82, 2.24) is 14.5 Å². The molecule has 1 N–H and O–H groups in total. The van der Waals surface area contributed by atoms with Crippen LogP contribution < -0.4 is 10.3 Å². The molecule has 2 heterocycles. The summed E-state index contributed by atoms with van der Waals surface area (Å²) < 4.78 is 7.01. The molecule has 0 saturated carbocycles. The van der Waals surface area contributed by atoms with Gasteiger partial charge in [-0.3, -0.25) is 14.2 Å². The van der Waals surface area contributed by atoms with Gasteiger partial charge in [-0.2, -0.15) is 0 Å². The van der Waals surface area contributed by atoms with E-state index >= 15 is 0 Å². The summed E-state index contributed by atoms with van der Waals surface area (Å²) in [6, 6.07) is 13.2. The van der Waals surface area contributed by atoms with E-state index in [2.05, 4.69) is 4.98 Å². The number of carbonyl (C=O) groups excluding carboxylic acids is 1. The lowest BCUT2D eigenvalue weighted by Crippen LogP contribution is -2.35. The Labute approximate surface area is 180 Å². The van der Waals surface area contributed by atoms with E-state index in [1.807, 2.05) is 29.2 Å². The average Bonchev–Trinajstić information content (AvgIpc) is 3.03. The predicted molar refractivity (Wildman–Crippen MR) is 120 cm³/mol. The third-order valence-electron chi connectivity index (χ3n) is 5.86. The molecule has 2 aromatic carbocycles. The predicted octanol–water partition coefficient (Wildman–Crippen LogP) is 4.36. The van der Waals surface area contributed by atoms with Crippen molar-refractivity contribution >= 4 is 29.0 Å². The zero-order chi connectivity index (χ0) is 21.3. The number of aromatic amines is 1. The number of H-pyrrole nitrogens is 1. The van der Waals surface area contributed by atoms with Crippen molar-refractivity contribution in [3.8, 4) is 5.75 Å². The fraction of sp³-hybridized carbons (Fsp3) is 0.348. The fourth-order valence-corrected chi connectivity index (χ4v) is 4.32. The quantitative estimate of drug-likeness (QED) is 0.636. The number of methoxy groups -OCH3 is 1. The SMILES string of the molecule is COc1ccc(C2CCCCCN2C(=O)c2ccc3c(=O)n(C)c(=S)[nH]c3c2)cc1. The van der Waals surface area contributed by atoms with Crippen LogP contribution in [-0.4, -0.2) is 34.0 Å². The highest BCUT2D eigenvalue weighted by Gasteiger charge is 2.28. The van der Waals surface area contributed by atoms with Crippen LogP contribution in [0.15, 0.2) is 47.3 Å². The third-order valence-corrected chi connectivity index (χ3v) is 6.24. The first kappa shape index (κ1) is 20.3. The Morgan fingerprint density at radius 3 is 2.63 bits per heavy atom. The van der Waals surface area contributed by atoms with Gasteiger partial charge >= 0.3 is 0 Å². The summed E-state index contributed by atoms with van der Waals surface area (Å²) in [4.78, 5) is 31.0. The van der Waals surface area contributed by atoms with Crippen LogP contribution in [0.5, 0.6) is 5.75 Å². The number of nitrogens with zero attached hydrogens (tertiary/aromatic N) is 2. The molecule has 1 saturated heterocycles. The molecule has 3 aromatic rings. The molecule has 0 aliphatic carbocycles. The largest absolute Gasteiger partial charge is 0.497 e. The second-order valence-electron chi connectivity index (χ2n) is 7.69. The molecule has 0 spiro atoms. The minimum Gasteiger partial charge on any atom is -0.497 e. The first-order valence-corrected chi connectivity index (χ1v) is 10.6. The van der Waals surface area contributed by atoms with Gasteiger partial charge in [-0.25, -0.2) is 0 Å². The molecule has 1 fully saturated rings. The van der Waals surface area contributed by atoms with Gasteiger partial charge in [0.2, 0.25) is 0 Å². The van der Waals surface area contributed by atoms with Crippen molar-refractivity contribution in [3.05, 3.63) is 68.7 Å². The van der Waals surface area contributed by atoms with E-state index in [4.69, 9.17) is 17.0 Å². The van der Waals surface area contributed by atoms with Gasteiger partial charge in [0, 0.05) is 19.2 Å². The number of carbonyl (C=O) groups is 1. The van der Waals surface area contributed by atoms with Gasteiger partial charge in [0.05, 0.1) is 24.1 Å². The maximum absolute atomic E-state index is 13.5. The van der Waals surface area contributed by atoms with E-state index in [0.29, 0.717) is 27.8 Å². The van der Waals surface area contributed by atoms with Gasteiger partial charge in [0.1, 0.15) is 5.75 Å². The maximum atomic E-state index is 13.5. The first-order chi connectivity index (χ1) is 14.5. The van der Waals surface area contributed by atoms with Crippen molar-refractivity contribution < 1.29 is 9.53 Å². The first-order valence-electron chi connectivity index (χ1n) is 10.2. The highest BCUT2D eigenvalue weighted by Crippen LogP contribution is 2.32. The fourth-order valence-electron chi connectivity index (χ4n) is 4.13. The lowest BCUT2D eigenvalue weighted by atomic mass is 9.99. The van der Waals surface area contributed by atoms with Gasteiger partial charge in [0.15, 0.2) is 4.77 Å². The maximum Gasteiger partial charge on any atom is 0.261 e. The molecular weight excluding hydrogens is 398 g/mol. The summed E-state index contributed by atoms with van der Waals surface area (Å²) in [6.07, 6.45) is 4.10. The van der Waals surface area contributed by atoms with E-state index < -0.39 is 0 Å². The number of likely N-dealkylation sites (tertiary alicyclic amines) is 1. The monoisotopic (exact) mass is 423 g/mol. The molecule has 7 heteroatoms. The Hall–Kier alpha value is -2.93. The van der Waals surface area contributed by atoms with Crippen LogP contribution in [0.2, 0.25) is 0 Å². The van der Waals surface area contributed by atoms with E-state index in [-0.39, 0.29) is 17.5 Å². The van der Waals surface area contributed by atoms with Crippen molar-refractivity contribution in [2.75, 3.05) is 13.7 Å². The van der Waals surface area contributed by atoms with Crippen molar-refractivity contribution in [2.45, 2.75) is 31.7 Å². The number of rotatable bonds is 3. The number of amides is 1. The molecule has 1 unspecified atom stereocenters. The van der Waals surface area contributed by atoms with Gasteiger partial charge in [-0.15, -0.1) is 0 Å². The number of aromatic nitrogens is 2. The number of hydrogen-bond acceptors (Lipinski definition) is 4. The Balaban J connectivity index is 1.72. The van der Waals surface area contributed by atoms with Gasteiger partial charge in [-0.1, -0.05) is 25.0 Å². The summed E-state index contributed by atoms with van der Waals surface area (Å²) in [5.41, 5.74) is 2.09. The molecule has 156 valence electrons. The number of benzene rings is 2. The molecule has 4 rings (SSSR count).